The quantitative estimate of drug-likeness (QED) is 0.734. The second kappa shape index (κ2) is 8.60. The number of aryl methyl sites for hydroxylation is 1. The number of thioether (sulfide) groups is 1. The molecule has 1 N–H and O–H groups in total. The van der Waals surface area contributed by atoms with E-state index >= 15 is 0 Å². The Balaban J connectivity index is 1.55. The van der Waals surface area contributed by atoms with Crippen molar-refractivity contribution in [3.8, 4) is 11.4 Å². The minimum absolute atomic E-state index is 0.187. The van der Waals surface area contributed by atoms with Crippen molar-refractivity contribution >= 4 is 34.9 Å². The number of amides is 3. The highest BCUT2D eigenvalue weighted by atomic mass is 32.2. The number of phenols is 1. The summed E-state index contributed by atoms with van der Waals surface area (Å²) in [4.78, 5) is 40.6. The van der Waals surface area contributed by atoms with Crippen LogP contribution >= 0.6 is 11.8 Å². The first kappa shape index (κ1) is 21.2. The zero-order valence-electron chi connectivity index (χ0n) is 17.3. The van der Waals surface area contributed by atoms with Crippen LogP contribution in [-0.2, 0) is 14.3 Å². The van der Waals surface area contributed by atoms with E-state index in [-0.39, 0.29) is 18.2 Å². The third-order valence-corrected chi connectivity index (χ3v) is 6.30. The second-order valence-electron chi connectivity index (χ2n) is 7.44. The minimum Gasteiger partial charge on any atom is -0.508 e. The lowest BCUT2D eigenvalue weighted by Gasteiger charge is -2.28. The molecule has 1 aromatic heterocycles. The molecule has 8 nitrogen and oxygen atoms in total. The van der Waals surface area contributed by atoms with Gasteiger partial charge in [0.2, 0.25) is 5.91 Å². The summed E-state index contributed by atoms with van der Waals surface area (Å²) in [6, 6.07) is 8.79. The van der Waals surface area contributed by atoms with Gasteiger partial charge in [-0.15, -0.1) is 0 Å². The minimum atomic E-state index is -0.453. The Morgan fingerprint density at radius 1 is 1.16 bits per heavy atom. The number of phenolic OH excluding ortho intramolecular Hbond substituents is 1. The van der Waals surface area contributed by atoms with Crippen LogP contribution < -0.4 is 0 Å². The summed E-state index contributed by atoms with van der Waals surface area (Å²) in [5, 5.41) is 9.09. The maximum absolute atomic E-state index is 12.8. The number of hydrogen-bond donors (Lipinski definition) is 1. The van der Waals surface area contributed by atoms with Crippen molar-refractivity contribution in [2.24, 2.45) is 0 Å². The number of imide groups is 1. The van der Waals surface area contributed by atoms with Gasteiger partial charge in [0.1, 0.15) is 12.3 Å². The number of carbonyl (C=O) groups excluding carboxylic acids is 3. The molecule has 2 fully saturated rings. The van der Waals surface area contributed by atoms with Crippen LogP contribution in [0.15, 0.2) is 35.2 Å². The van der Waals surface area contributed by atoms with Crippen LogP contribution in [0.5, 0.6) is 5.75 Å². The van der Waals surface area contributed by atoms with E-state index in [0.29, 0.717) is 31.2 Å². The van der Waals surface area contributed by atoms with E-state index < -0.39 is 11.1 Å². The first-order chi connectivity index (χ1) is 14.8. The molecule has 0 bridgehead atoms. The number of benzene rings is 1. The van der Waals surface area contributed by atoms with E-state index in [2.05, 4.69) is 0 Å². The molecule has 2 aromatic rings. The van der Waals surface area contributed by atoms with Gasteiger partial charge in [0.05, 0.1) is 18.1 Å². The number of aromatic hydroxyl groups is 1. The average molecular weight is 442 g/mol. The highest BCUT2D eigenvalue weighted by Crippen LogP contribution is 2.34. The maximum atomic E-state index is 12.8. The molecule has 0 saturated carbocycles. The lowest BCUT2D eigenvalue weighted by Crippen LogP contribution is -2.46. The standard InChI is InChI=1S/C22H23N3O5S/c1-14-11-16(15(2)25(14)17-3-5-18(26)6-4-17)12-19-21(28)24(22(29)31-19)13-20(27)23-7-9-30-10-8-23/h3-6,11-12,26H,7-10,13H2,1-2H3/b19-12-. The molecule has 0 spiro atoms. The lowest BCUT2D eigenvalue weighted by molar-refractivity contribution is -0.139. The fourth-order valence-electron chi connectivity index (χ4n) is 3.76. The summed E-state index contributed by atoms with van der Waals surface area (Å²) >= 11 is 0.848. The van der Waals surface area contributed by atoms with Crippen LogP contribution in [0.25, 0.3) is 11.8 Å². The molecule has 2 aliphatic heterocycles. The van der Waals surface area contributed by atoms with E-state index in [9.17, 15) is 19.5 Å². The Hall–Kier alpha value is -3.04. The summed E-state index contributed by atoms with van der Waals surface area (Å²) in [7, 11) is 0. The van der Waals surface area contributed by atoms with Gasteiger partial charge < -0.3 is 19.3 Å². The van der Waals surface area contributed by atoms with Gasteiger partial charge in [-0.2, -0.15) is 0 Å². The Labute approximate surface area is 184 Å². The molecule has 2 aliphatic rings. The molecule has 4 rings (SSSR count). The third-order valence-electron chi connectivity index (χ3n) is 5.40. The van der Waals surface area contributed by atoms with Gasteiger partial charge in [-0.3, -0.25) is 19.3 Å². The average Bonchev–Trinajstić information content (AvgIpc) is 3.19. The predicted molar refractivity (Wildman–Crippen MR) is 117 cm³/mol. The van der Waals surface area contributed by atoms with Gasteiger partial charge >= 0.3 is 0 Å². The topological polar surface area (TPSA) is 92.1 Å². The number of morpholine rings is 1. The fraction of sp³-hybridized carbons (Fsp3) is 0.318. The molecular formula is C22H23N3O5S. The lowest BCUT2D eigenvalue weighted by atomic mass is 10.2. The molecule has 3 heterocycles. The number of nitrogens with zero attached hydrogens (tertiary/aromatic N) is 3. The van der Waals surface area contributed by atoms with Crippen molar-refractivity contribution in [3.63, 3.8) is 0 Å². The molecule has 0 aliphatic carbocycles. The SMILES string of the molecule is Cc1cc(/C=C2\SC(=O)N(CC(=O)N3CCOCC3)C2=O)c(C)n1-c1ccc(O)cc1. The Kier molecular flexibility index (Phi) is 5.88. The van der Waals surface area contributed by atoms with Crippen molar-refractivity contribution in [1.82, 2.24) is 14.4 Å². The molecule has 0 atom stereocenters. The van der Waals surface area contributed by atoms with Crippen LogP contribution in [0, 0.1) is 13.8 Å². The summed E-state index contributed by atoms with van der Waals surface area (Å²) in [6.45, 7) is 5.48. The summed E-state index contributed by atoms with van der Waals surface area (Å²) in [6.07, 6.45) is 1.70. The van der Waals surface area contributed by atoms with Crippen molar-refractivity contribution < 1.29 is 24.2 Å². The monoisotopic (exact) mass is 441 g/mol. The molecule has 0 radical (unpaired) electrons. The Morgan fingerprint density at radius 2 is 1.84 bits per heavy atom. The highest BCUT2D eigenvalue weighted by molar-refractivity contribution is 8.18. The molecule has 31 heavy (non-hydrogen) atoms. The Morgan fingerprint density at radius 3 is 2.52 bits per heavy atom. The molecular weight excluding hydrogens is 418 g/mol. The van der Waals surface area contributed by atoms with Gasteiger partial charge in [-0.1, -0.05) is 0 Å². The highest BCUT2D eigenvalue weighted by Gasteiger charge is 2.37. The molecule has 0 unspecified atom stereocenters. The van der Waals surface area contributed by atoms with Crippen LogP contribution in [0.2, 0.25) is 0 Å². The zero-order chi connectivity index (χ0) is 22.1. The Bertz CT molecular complexity index is 1070. The molecule has 162 valence electrons. The first-order valence-electron chi connectivity index (χ1n) is 9.94. The first-order valence-corrected chi connectivity index (χ1v) is 10.8. The van der Waals surface area contributed by atoms with Gasteiger partial charge in [0, 0.05) is 30.2 Å². The molecule has 2 saturated heterocycles. The number of rotatable bonds is 4. The zero-order valence-corrected chi connectivity index (χ0v) is 18.1. The van der Waals surface area contributed by atoms with Gasteiger partial charge in [-0.05, 0) is 67.6 Å². The summed E-state index contributed by atoms with van der Waals surface area (Å²) < 4.78 is 7.25. The van der Waals surface area contributed by atoms with Gasteiger partial charge in [-0.25, -0.2) is 0 Å². The number of hydrogen-bond acceptors (Lipinski definition) is 6. The van der Waals surface area contributed by atoms with Crippen LogP contribution in [0.4, 0.5) is 4.79 Å². The van der Waals surface area contributed by atoms with Crippen molar-refractivity contribution in [1.29, 1.82) is 0 Å². The van der Waals surface area contributed by atoms with E-state index in [0.717, 1.165) is 39.3 Å². The van der Waals surface area contributed by atoms with Gasteiger partial charge in [0.15, 0.2) is 0 Å². The summed E-state index contributed by atoms with van der Waals surface area (Å²) in [5.41, 5.74) is 3.56. The summed E-state index contributed by atoms with van der Waals surface area (Å²) in [5.74, 6) is -0.518. The normalized spacial score (nSPS) is 18.3. The fourth-order valence-corrected chi connectivity index (χ4v) is 4.59. The van der Waals surface area contributed by atoms with Crippen LogP contribution in [-0.4, -0.2) is 69.4 Å². The number of aromatic nitrogens is 1. The number of ether oxygens (including phenoxy) is 1. The van der Waals surface area contributed by atoms with Crippen molar-refractivity contribution in [3.05, 3.63) is 52.2 Å². The molecule has 9 heteroatoms. The second-order valence-corrected chi connectivity index (χ2v) is 8.43. The van der Waals surface area contributed by atoms with E-state index in [1.54, 1.807) is 23.1 Å². The van der Waals surface area contributed by atoms with Crippen molar-refractivity contribution in [2.45, 2.75) is 13.8 Å². The van der Waals surface area contributed by atoms with Crippen LogP contribution in [0.3, 0.4) is 0 Å². The van der Waals surface area contributed by atoms with Crippen molar-refractivity contribution in [2.75, 3.05) is 32.8 Å². The van der Waals surface area contributed by atoms with E-state index in [1.165, 1.54) is 0 Å². The predicted octanol–water partition coefficient (Wildman–Crippen LogP) is 2.69. The largest absolute Gasteiger partial charge is 0.508 e. The maximum Gasteiger partial charge on any atom is 0.294 e. The molecule has 1 aromatic carbocycles. The number of carbonyl (C=O) groups is 3. The van der Waals surface area contributed by atoms with Gasteiger partial charge in [0.25, 0.3) is 11.1 Å². The molecule has 3 amide bonds. The third kappa shape index (κ3) is 4.24. The van der Waals surface area contributed by atoms with E-state index in [1.807, 2.05) is 36.6 Å². The van der Waals surface area contributed by atoms with E-state index in [4.69, 9.17) is 4.74 Å². The van der Waals surface area contributed by atoms with Crippen LogP contribution in [0.1, 0.15) is 17.0 Å². The smallest absolute Gasteiger partial charge is 0.294 e.